The summed E-state index contributed by atoms with van der Waals surface area (Å²) in [7, 11) is 1.85. The second kappa shape index (κ2) is 9.59. The average Bonchev–Trinajstić information content (AvgIpc) is 3.35. The molecule has 0 saturated heterocycles. The molecule has 37 heavy (non-hydrogen) atoms. The van der Waals surface area contributed by atoms with E-state index in [-0.39, 0.29) is 5.84 Å². The number of rotatable bonds is 4. The van der Waals surface area contributed by atoms with Crippen LogP contribution >= 0.6 is 0 Å². The highest BCUT2D eigenvalue weighted by molar-refractivity contribution is 6.22. The molecule has 0 fully saturated rings. The fourth-order valence-electron chi connectivity index (χ4n) is 4.82. The molecule has 4 heteroatoms. The number of para-hydroxylation sites is 1. The Balaban J connectivity index is 1.55. The van der Waals surface area contributed by atoms with Gasteiger partial charge < -0.3 is 9.73 Å². The Labute approximate surface area is 215 Å². The first kappa shape index (κ1) is 22.5. The van der Waals surface area contributed by atoms with E-state index in [9.17, 15) is 0 Å². The molecule has 2 N–H and O–H groups in total. The Morgan fingerprint density at radius 2 is 1.30 bits per heavy atom. The lowest BCUT2D eigenvalue weighted by Crippen LogP contribution is -2.22. The molecule has 4 nitrogen and oxygen atoms in total. The highest BCUT2D eigenvalue weighted by atomic mass is 16.3. The summed E-state index contributed by atoms with van der Waals surface area (Å²) in [5.41, 5.74) is 7.43. The third kappa shape index (κ3) is 4.19. The Bertz CT molecular complexity index is 1770. The van der Waals surface area contributed by atoms with Gasteiger partial charge in [0.05, 0.1) is 0 Å². The zero-order chi connectivity index (χ0) is 25.2. The first-order chi connectivity index (χ1) is 18.2. The molecule has 5 aromatic carbocycles. The van der Waals surface area contributed by atoms with Gasteiger partial charge in [0.1, 0.15) is 17.0 Å². The zero-order valence-corrected chi connectivity index (χ0v) is 20.4. The number of fused-ring (bicyclic) bond motifs is 3. The summed E-state index contributed by atoms with van der Waals surface area (Å²) >= 11 is 0. The molecule has 0 radical (unpaired) electrons. The van der Waals surface area contributed by atoms with Gasteiger partial charge in [0, 0.05) is 28.9 Å². The van der Waals surface area contributed by atoms with Crippen LogP contribution in [0.25, 0.3) is 44.2 Å². The van der Waals surface area contributed by atoms with Crippen molar-refractivity contribution in [2.45, 2.75) is 0 Å². The maximum absolute atomic E-state index is 9.00. The highest BCUT2D eigenvalue weighted by Gasteiger charge is 2.18. The van der Waals surface area contributed by atoms with Crippen LogP contribution in [0.2, 0.25) is 0 Å². The van der Waals surface area contributed by atoms with Crippen LogP contribution in [0.15, 0.2) is 131 Å². The number of amidine groups is 2. The van der Waals surface area contributed by atoms with E-state index in [1.807, 2.05) is 85.9 Å². The van der Waals surface area contributed by atoms with Crippen molar-refractivity contribution in [1.29, 1.82) is 5.41 Å². The van der Waals surface area contributed by atoms with Crippen LogP contribution in [0.1, 0.15) is 11.1 Å². The summed E-state index contributed by atoms with van der Waals surface area (Å²) in [5.74, 6) is 0.803. The van der Waals surface area contributed by atoms with Crippen molar-refractivity contribution >= 4 is 33.6 Å². The van der Waals surface area contributed by atoms with Crippen LogP contribution in [-0.2, 0) is 0 Å². The summed E-state index contributed by atoms with van der Waals surface area (Å²) in [6, 6.07) is 40.5. The van der Waals surface area contributed by atoms with Gasteiger partial charge in [-0.05, 0) is 40.5 Å². The fourth-order valence-corrected chi connectivity index (χ4v) is 4.82. The summed E-state index contributed by atoms with van der Waals surface area (Å²) < 4.78 is 6.28. The lowest BCUT2D eigenvalue weighted by molar-refractivity contribution is 0.669. The van der Waals surface area contributed by atoms with Crippen LogP contribution < -0.4 is 5.32 Å². The minimum Gasteiger partial charge on any atom is -0.456 e. The fraction of sp³-hybridized carbons (Fsp3) is 0.0303. The van der Waals surface area contributed by atoms with Crippen molar-refractivity contribution in [1.82, 2.24) is 5.32 Å². The quantitative estimate of drug-likeness (QED) is 0.199. The maximum Gasteiger partial charge on any atom is 0.154 e. The van der Waals surface area contributed by atoms with E-state index in [2.05, 4.69) is 47.8 Å². The van der Waals surface area contributed by atoms with Gasteiger partial charge in [0.2, 0.25) is 0 Å². The smallest absolute Gasteiger partial charge is 0.154 e. The van der Waals surface area contributed by atoms with Crippen LogP contribution in [-0.4, -0.2) is 18.7 Å². The van der Waals surface area contributed by atoms with E-state index in [0.717, 1.165) is 55.3 Å². The molecule has 0 unspecified atom stereocenters. The minimum atomic E-state index is 0.190. The molecule has 1 aromatic heterocycles. The standard InChI is InChI=1S/C33H25N3O/c1-35-33(36-32(34)26-17-9-8-16-25(26)23-14-6-3-7-15-23)28-20-24(22-12-4-2-5-13-22)21-30-31(28)27-18-10-11-19-29(27)37-30/h2-21H,1H3,(H2,34,35,36). The number of hydrogen-bond acceptors (Lipinski definition) is 2. The molecule has 178 valence electrons. The molecular weight excluding hydrogens is 454 g/mol. The molecular formula is C33H25N3O. The second-order valence-corrected chi connectivity index (χ2v) is 8.83. The molecule has 0 spiro atoms. The molecule has 0 bridgehead atoms. The SMILES string of the molecule is CN/C(=N\C(=N)c1ccccc1-c1ccccc1)c1cc(-c2ccccc2)cc2oc3ccccc3c12. The minimum absolute atomic E-state index is 0.190. The van der Waals surface area contributed by atoms with Crippen molar-refractivity contribution in [3.63, 3.8) is 0 Å². The lowest BCUT2D eigenvalue weighted by atomic mass is 9.97. The van der Waals surface area contributed by atoms with Gasteiger partial charge in [-0.2, -0.15) is 0 Å². The number of furan rings is 1. The first-order valence-electron chi connectivity index (χ1n) is 12.2. The third-order valence-electron chi connectivity index (χ3n) is 6.57. The first-order valence-corrected chi connectivity index (χ1v) is 12.2. The van der Waals surface area contributed by atoms with E-state index < -0.39 is 0 Å². The van der Waals surface area contributed by atoms with Gasteiger partial charge in [-0.3, -0.25) is 5.41 Å². The largest absolute Gasteiger partial charge is 0.456 e. The Morgan fingerprint density at radius 1 is 0.649 bits per heavy atom. The number of benzene rings is 5. The maximum atomic E-state index is 9.00. The Hall–Kier alpha value is -4.96. The molecule has 0 aliphatic carbocycles. The van der Waals surface area contributed by atoms with E-state index in [4.69, 9.17) is 14.8 Å². The van der Waals surface area contributed by atoms with Crippen molar-refractivity contribution in [2.75, 3.05) is 7.05 Å². The Morgan fingerprint density at radius 3 is 2.05 bits per heavy atom. The topological polar surface area (TPSA) is 61.4 Å². The molecule has 6 rings (SSSR count). The molecule has 1 heterocycles. The third-order valence-corrected chi connectivity index (χ3v) is 6.57. The van der Waals surface area contributed by atoms with Crippen molar-refractivity contribution in [3.8, 4) is 22.3 Å². The zero-order valence-electron chi connectivity index (χ0n) is 20.4. The number of nitrogens with zero attached hydrogens (tertiary/aromatic N) is 1. The van der Waals surface area contributed by atoms with Crippen molar-refractivity contribution < 1.29 is 4.42 Å². The van der Waals surface area contributed by atoms with Gasteiger partial charge in [0.15, 0.2) is 5.84 Å². The van der Waals surface area contributed by atoms with E-state index >= 15 is 0 Å². The number of nitrogens with one attached hydrogen (secondary N) is 2. The summed E-state index contributed by atoms with van der Waals surface area (Å²) in [5, 5.41) is 14.3. The molecule has 0 amide bonds. The number of hydrogen-bond donors (Lipinski definition) is 2. The summed E-state index contributed by atoms with van der Waals surface area (Å²) in [6.07, 6.45) is 0. The molecule has 6 aromatic rings. The predicted molar refractivity (Wildman–Crippen MR) is 153 cm³/mol. The van der Waals surface area contributed by atoms with Crippen LogP contribution in [0, 0.1) is 5.41 Å². The van der Waals surface area contributed by atoms with Crippen molar-refractivity contribution in [2.24, 2.45) is 4.99 Å². The summed E-state index contributed by atoms with van der Waals surface area (Å²) in [6.45, 7) is 0. The molecule has 0 saturated carbocycles. The Kier molecular flexibility index (Phi) is 5.83. The van der Waals surface area contributed by atoms with Gasteiger partial charge in [-0.15, -0.1) is 0 Å². The van der Waals surface area contributed by atoms with Crippen LogP contribution in [0.5, 0.6) is 0 Å². The van der Waals surface area contributed by atoms with Crippen molar-refractivity contribution in [3.05, 3.63) is 132 Å². The van der Waals surface area contributed by atoms with Gasteiger partial charge >= 0.3 is 0 Å². The highest BCUT2D eigenvalue weighted by Crippen LogP contribution is 2.35. The second-order valence-electron chi connectivity index (χ2n) is 8.83. The predicted octanol–water partition coefficient (Wildman–Crippen LogP) is 7.91. The van der Waals surface area contributed by atoms with Gasteiger partial charge in [0.25, 0.3) is 0 Å². The molecule has 0 atom stereocenters. The lowest BCUT2D eigenvalue weighted by Gasteiger charge is -2.13. The van der Waals surface area contributed by atoms with E-state index in [1.54, 1.807) is 0 Å². The average molecular weight is 480 g/mol. The van der Waals surface area contributed by atoms with Crippen LogP contribution in [0.3, 0.4) is 0 Å². The normalized spacial score (nSPS) is 11.6. The molecule has 0 aliphatic rings. The van der Waals surface area contributed by atoms with Gasteiger partial charge in [-0.1, -0.05) is 103 Å². The number of aliphatic imine (C=N–C) groups is 1. The van der Waals surface area contributed by atoms with E-state index in [1.165, 1.54) is 0 Å². The molecule has 0 aliphatic heterocycles. The van der Waals surface area contributed by atoms with E-state index in [0.29, 0.717) is 5.84 Å². The monoisotopic (exact) mass is 479 g/mol. The van der Waals surface area contributed by atoms with Gasteiger partial charge in [-0.25, -0.2) is 4.99 Å². The van der Waals surface area contributed by atoms with Crippen LogP contribution in [0.4, 0.5) is 0 Å². The summed E-state index contributed by atoms with van der Waals surface area (Å²) in [4.78, 5) is 4.84.